The monoisotopic (exact) mass is 415 g/mol. The van der Waals surface area contributed by atoms with Crippen LogP contribution in [0.2, 0.25) is 0 Å². The Bertz CT molecular complexity index is 1160. The van der Waals surface area contributed by atoms with Gasteiger partial charge in [-0.15, -0.1) is 0 Å². The van der Waals surface area contributed by atoms with Gasteiger partial charge in [-0.05, 0) is 23.8 Å². The fourth-order valence-electron chi connectivity index (χ4n) is 3.53. The average molecular weight is 415 g/mol. The highest BCUT2D eigenvalue weighted by Gasteiger charge is 2.14. The Kier molecular flexibility index (Phi) is 6.59. The maximum atomic E-state index is 12.9. The second kappa shape index (κ2) is 9.91. The molecule has 1 amide bonds. The largest absolute Gasteiger partial charge is 0.475 e. The second-order valence-corrected chi connectivity index (χ2v) is 7.13. The molecule has 2 aromatic heterocycles. The van der Waals surface area contributed by atoms with Crippen molar-refractivity contribution >= 4 is 16.8 Å². The van der Waals surface area contributed by atoms with Crippen LogP contribution in [0.3, 0.4) is 0 Å². The summed E-state index contributed by atoms with van der Waals surface area (Å²) >= 11 is 0. The Morgan fingerprint density at radius 3 is 2.65 bits per heavy atom. The van der Waals surface area contributed by atoms with E-state index in [9.17, 15) is 4.79 Å². The van der Waals surface area contributed by atoms with Gasteiger partial charge in [-0.25, -0.2) is 4.98 Å². The zero-order chi connectivity index (χ0) is 21.5. The molecule has 0 aliphatic heterocycles. The molecule has 2 aromatic carbocycles. The van der Waals surface area contributed by atoms with Crippen LogP contribution in [0.15, 0.2) is 79.0 Å². The number of carbonyl (C=O) groups is 1. The number of aromatic nitrogens is 2. The number of carbonyl (C=O) groups excluding carboxylic acids is 1. The minimum absolute atomic E-state index is 0.0785. The fraction of sp³-hybridized carbons (Fsp3) is 0.200. The van der Waals surface area contributed by atoms with E-state index in [1.54, 1.807) is 13.3 Å². The van der Waals surface area contributed by atoms with Crippen molar-refractivity contribution in [2.45, 2.75) is 13.1 Å². The van der Waals surface area contributed by atoms with Gasteiger partial charge in [0.15, 0.2) is 0 Å². The third-order valence-electron chi connectivity index (χ3n) is 5.03. The summed E-state index contributed by atoms with van der Waals surface area (Å²) in [5.41, 5.74) is 3.95. The van der Waals surface area contributed by atoms with E-state index in [0.29, 0.717) is 25.6 Å². The van der Waals surface area contributed by atoms with Crippen LogP contribution in [0.4, 0.5) is 0 Å². The van der Waals surface area contributed by atoms with Gasteiger partial charge >= 0.3 is 0 Å². The summed E-state index contributed by atoms with van der Waals surface area (Å²) in [7, 11) is 1.62. The molecule has 0 saturated heterocycles. The van der Waals surface area contributed by atoms with Crippen molar-refractivity contribution < 1.29 is 14.3 Å². The van der Waals surface area contributed by atoms with Crippen molar-refractivity contribution in [3.8, 4) is 17.1 Å². The number of ether oxygens (including phenoxy) is 2. The minimum atomic E-state index is -0.0785. The molecule has 0 aliphatic carbocycles. The quantitative estimate of drug-likeness (QED) is 0.419. The van der Waals surface area contributed by atoms with E-state index in [1.165, 1.54) is 0 Å². The van der Waals surface area contributed by atoms with Gasteiger partial charge in [0.1, 0.15) is 13.2 Å². The number of hydrogen-bond acceptors (Lipinski definition) is 4. The summed E-state index contributed by atoms with van der Waals surface area (Å²) < 4.78 is 12.7. The van der Waals surface area contributed by atoms with E-state index in [2.05, 4.69) is 39.1 Å². The summed E-state index contributed by atoms with van der Waals surface area (Å²) in [6.07, 6.45) is 1.67. The number of methoxy groups -OCH3 is 1. The number of pyridine rings is 1. The highest BCUT2D eigenvalue weighted by Crippen LogP contribution is 2.28. The van der Waals surface area contributed by atoms with Gasteiger partial charge in [0.2, 0.25) is 11.8 Å². The molecule has 158 valence electrons. The standard InChI is InChI=1S/C25H25N3O3/c1-30-14-15-31-25-21(11-7-13-26-25)17-27-24(29)18-28-22-12-6-5-10-20(22)16-23(28)19-8-3-2-4-9-19/h2-13,16H,14-15,17-18H2,1H3,(H,27,29). The molecule has 0 atom stereocenters. The number of benzene rings is 2. The lowest BCUT2D eigenvalue weighted by molar-refractivity contribution is -0.121. The highest BCUT2D eigenvalue weighted by atomic mass is 16.5. The van der Waals surface area contributed by atoms with Crippen LogP contribution in [0.1, 0.15) is 5.56 Å². The van der Waals surface area contributed by atoms with Crippen LogP contribution < -0.4 is 10.1 Å². The molecule has 6 nitrogen and oxygen atoms in total. The highest BCUT2D eigenvalue weighted by molar-refractivity contribution is 5.89. The molecule has 0 bridgehead atoms. The van der Waals surface area contributed by atoms with Gasteiger partial charge in [-0.3, -0.25) is 4.79 Å². The molecule has 1 N–H and O–H groups in total. The Balaban J connectivity index is 1.51. The first kappa shape index (κ1) is 20.6. The SMILES string of the molecule is COCCOc1ncccc1CNC(=O)Cn1c(-c2ccccc2)cc2ccccc21. The molecule has 0 spiro atoms. The smallest absolute Gasteiger partial charge is 0.240 e. The molecular formula is C25H25N3O3. The molecule has 0 saturated carbocycles. The average Bonchev–Trinajstić information content (AvgIpc) is 3.17. The molecule has 0 aliphatic rings. The van der Waals surface area contributed by atoms with Crippen molar-refractivity contribution in [3.63, 3.8) is 0 Å². The van der Waals surface area contributed by atoms with E-state index in [0.717, 1.165) is 27.7 Å². The summed E-state index contributed by atoms with van der Waals surface area (Å²) in [6.45, 7) is 1.45. The summed E-state index contributed by atoms with van der Waals surface area (Å²) in [4.78, 5) is 17.1. The molecule has 31 heavy (non-hydrogen) atoms. The number of nitrogens with one attached hydrogen (secondary N) is 1. The molecular weight excluding hydrogens is 390 g/mol. The topological polar surface area (TPSA) is 65.4 Å². The van der Waals surface area contributed by atoms with Crippen molar-refractivity contribution in [1.29, 1.82) is 0 Å². The maximum Gasteiger partial charge on any atom is 0.240 e. The van der Waals surface area contributed by atoms with Crippen LogP contribution in [-0.2, 0) is 22.6 Å². The molecule has 4 aromatic rings. The third-order valence-corrected chi connectivity index (χ3v) is 5.03. The predicted octanol–water partition coefficient (Wildman–Crippen LogP) is 4.04. The Hall–Kier alpha value is -3.64. The van der Waals surface area contributed by atoms with Gasteiger partial charge in [0, 0.05) is 42.0 Å². The molecule has 0 unspecified atom stereocenters. The van der Waals surface area contributed by atoms with E-state index < -0.39 is 0 Å². The Morgan fingerprint density at radius 2 is 1.81 bits per heavy atom. The first-order valence-corrected chi connectivity index (χ1v) is 10.2. The van der Waals surface area contributed by atoms with Gasteiger partial charge in [-0.2, -0.15) is 0 Å². The van der Waals surface area contributed by atoms with Crippen molar-refractivity contribution in [2.75, 3.05) is 20.3 Å². The molecule has 6 heteroatoms. The third kappa shape index (κ3) is 4.92. The fourth-order valence-corrected chi connectivity index (χ4v) is 3.53. The zero-order valence-corrected chi connectivity index (χ0v) is 17.5. The van der Waals surface area contributed by atoms with E-state index in [4.69, 9.17) is 9.47 Å². The number of fused-ring (bicyclic) bond motifs is 1. The number of amides is 1. The lowest BCUT2D eigenvalue weighted by atomic mass is 10.1. The minimum Gasteiger partial charge on any atom is -0.475 e. The molecule has 4 rings (SSSR count). The molecule has 0 fully saturated rings. The normalized spacial score (nSPS) is 10.9. The lowest BCUT2D eigenvalue weighted by Gasteiger charge is -2.13. The number of rotatable bonds is 9. The van der Waals surface area contributed by atoms with Gasteiger partial charge in [0.05, 0.1) is 6.61 Å². The first-order valence-electron chi connectivity index (χ1n) is 10.2. The van der Waals surface area contributed by atoms with Crippen molar-refractivity contribution in [2.24, 2.45) is 0 Å². The van der Waals surface area contributed by atoms with E-state index in [1.807, 2.05) is 48.5 Å². The molecule has 0 radical (unpaired) electrons. The zero-order valence-electron chi connectivity index (χ0n) is 17.5. The van der Waals surface area contributed by atoms with Gasteiger partial charge < -0.3 is 19.4 Å². The second-order valence-electron chi connectivity index (χ2n) is 7.13. The van der Waals surface area contributed by atoms with Gasteiger partial charge in [-0.1, -0.05) is 54.6 Å². The van der Waals surface area contributed by atoms with Crippen LogP contribution >= 0.6 is 0 Å². The van der Waals surface area contributed by atoms with E-state index in [-0.39, 0.29) is 12.5 Å². The number of nitrogens with zero attached hydrogens (tertiary/aromatic N) is 2. The Morgan fingerprint density at radius 1 is 1.00 bits per heavy atom. The number of hydrogen-bond donors (Lipinski definition) is 1. The van der Waals surface area contributed by atoms with Crippen molar-refractivity contribution in [1.82, 2.24) is 14.9 Å². The number of para-hydroxylation sites is 1. The van der Waals surface area contributed by atoms with E-state index >= 15 is 0 Å². The first-order chi connectivity index (χ1) is 15.3. The predicted molar refractivity (Wildman–Crippen MR) is 121 cm³/mol. The van der Waals surface area contributed by atoms with Crippen LogP contribution in [0.5, 0.6) is 5.88 Å². The van der Waals surface area contributed by atoms with Crippen LogP contribution in [-0.4, -0.2) is 35.8 Å². The van der Waals surface area contributed by atoms with Crippen LogP contribution in [0.25, 0.3) is 22.2 Å². The maximum absolute atomic E-state index is 12.9. The molecule has 2 heterocycles. The lowest BCUT2D eigenvalue weighted by Crippen LogP contribution is -2.27. The van der Waals surface area contributed by atoms with Crippen LogP contribution in [0, 0.1) is 0 Å². The summed E-state index contributed by atoms with van der Waals surface area (Å²) in [5.74, 6) is 0.432. The summed E-state index contributed by atoms with van der Waals surface area (Å²) in [5, 5.41) is 4.11. The Labute approximate surface area is 181 Å². The van der Waals surface area contributed by atoms with Gasteiger partial charge in [0.25, 0.3) is 0 Å². The van der Waals surface area contributed by atoms with Crippen molar-refractivity contribution in [3.05, 3.63) is 84.6 Å². The summed E-state index contributed by atoms with van der Waals surface area (Å²) in [6, 6.07) is 24.1.